The van der Waals surface area contributed by atoms with E-state index in [2.05, 4.69) is 23.3 Å². The first kappa shape index (κ1) is 16.8. The largest absolute Gasteiger partial charge is 0.378 e. The van der Waals surface area contributed by atoms with Crippen LogP contribution < -0.4 is 10.6 Å². The Hall–Kier alpha value is -1.28. The van der Waals surface area contributed by atoms with Crippen molar-refractivity contribution in [3.63, 3.8) is 0 Å². The average Bonchev–Trinajstić information content (AvgIpc) is 2.44. The Kier molecular flexibility index (Phi) is 6.80. The maximum Gasteiger partial charge on any atom is 0.245 e. The highest BCUT2D eigenvalue weighted by molar-refractivity contribution is 7.80. The second kappa shape index (κ2) is 8.11. The van der Waals surface area contributed by atoms with Gasteiger partial charge in [0.2, 0.25) is 17.7 Å². The van der Waals surface area contributed by atoms with Crippen LogP contribution in [0, 0.1) is 0 Å². The van der Waals surface area contributed by atoms with Crippen LogP contribution in [0.15, 0.2) is 0 Å². The highest BCUT2D eigenvalue weighted by Gasteiger charge is 2.26. The van der Waals surface area contributed by atoms with Gasteiger partial charge in [0, 0.05) is 25.8 Å². The summed E-state index contributed by atoms with van der Waals surface area (Å²) >= 11 is 4.02. The van der Waals surface area contributed by atoms with Crippen molar-refractivity contribution in [1.29, 1.82) is 0 Å². The highest BCUT2D eigenvalue weighted by Crippen LogP contribution is 2.01. The van der Waals surface area contributed by atoms with Crippen molar-refractivity contribution in [2.45, 2.75) is 25.9 Å². The molecule has 0 aromatic carbocycles. The number of hydrogen-bond acceptors (Lipinski definition) is 5. The number of carbonyl (C=O) groups is 3. The van der Waals surface area contributed by atoms with Crippen LogP contribution in [-0.2, 0) is 19.1 Å². The third kappa shape index (κ3) is 5.01. The second-order valence-electron chi connectivity index (χ2n) is 4.60. The maximum absolute atomic E-state index is 12.1. The van der Waals surface area contributed by atoms with Crippen molar-refractivity contribution in [2.24, 2.45) is 0 Å². The standard InChI is InChI=1S/C12H21N3O4S/c1-8(12(18)15-3-5-19-6-4-15)13-11(17)10(7-20)14-9(2)16/h8,10,20H,3-7H2,1-2H3,(H,13,17)(H,14,16). The summed E-state index contributed by atoms with van der Waals surface area (Å²) in [6, 6.07) is -1.38. The molecule has 1 heterocycles. The first-order valence-electron chi connectivity index (χ1n) is 6.50. The Morgan fingerprint density at radius 2 is 1.85 bits per heavy atom. The summed E-state index contributed by atoms with van der Waals surface area (Å²) in [5.41, 5.74) is 0. The predicted molar refractivity (Wildman–Crippen MR) is 76.5 cm³/mol. The molecule has 1 aliphatic rings. The minimum absolute atomic E-state index is 0.151. The summed E-state index contributed by atoms with van der Waals surface area (Å²) in [5.74, 6) is -0.706. The molecule has 7 nitrogen and oxygen atoms in total. The van der Waals surface area contributed by atoms with E-state index < -0.39 is 18.0 Å². The number of thiol groups is 1. The van der Waals surface area contributed by atoms with Gasteiger partial charge in [-0.3, -0.25) is 14.4 Å². The molecule has 0 radical (unpaired) electrons. The van der Waals surface area contributed by atoms with Gasteiger partial charge >= 0.3 is 0 Å². The Morgan fingerprint density at radius 1 is 1.25 bits per heavy atom. The molecule has 0 aliphatic carbocycles. The molecule has 2 N–H and O–H groups in total. The number of amides is 3. The Balaban J connectivity index is 2.50. The lowest BCUT2D eigenvalue weighted by Gasteiger charge is -2.30. The first-order valence-corrected chi connectivity index (χ1v) is 7.13. The summed E-state index contributed by atoms with van der Waals surface area (Å²) < 4.78 is 5.17. The molecule has 1 aliphatic heterocycles. The second-order valence-corrected chi connectivity index (χ2v) is 4.97. The van der Waals surface area contributed by atoms with Gasteiger partial charge in [-0.15, -0.1) is 0 Å². The maximum atomic E-state index is 12.1. The van der Waals surface area contributed by atoms with E-state index in [0.717, 1.165) is 0 Å². The van der Waals surface area contributed by atoms with Crippen LogP contribution >= 0.6 is 12.6 Å². The number of morpholine rings is 1. The number of nitrogens with zero attached hydrogens (tertiary/aromatic N) is 1. The van der Waals surface area contributed by atoms with Gasteiger partial charge in [0.15, 0.2) is 0 Å². The summed E-state index contributed by atoms with van der Waals surface area (Å²) in [7, 11) is 0. The number of carbonyl (C=O) groups excluding carboxylic acids is 3. The van der Waals surface area contributed by atoms with Crippen LogP contribution in [0.5, 0.6) is 0 Å². The van der Waals surface area contributed by atoms with E-state index in [0.29, 0.717) is 26.3 Å². The van der Waals surface area contributed by atoms with Crippen molar-refractivity contribution in [3.8, 4) is 0 Å². The molecule has 0 saturated carbocycles. The molecule has 20 heavy (non-hydrogen) atoms. The zero-order valence-electron chi connectivity index (χ0n) is 11.7. The molecule has 0 bridgehead atoms. The minimum Gasteiger partial charge on any atom is -0.378 e. The Labute approximate surface area is 123 Å². The summed E-state index contributed by atoms with van der Waals surface area (Å²) in [6.07, 6.45) is 0. The van der Waals surface area contributed by atoms with Crippen LogP contribution in [0.25, 0.3) is 0 Å². The first-order chi connectivity index (χ1) is 9.45. The minimum atomic E-state index is -0.740. The average molecular weight is 303 g/mol. The van der Waals surface area contributed by atoms with E-state index in [1.807, 2.05) is 0 Å². The van der Waals surface area contributed by atoms with E-state index in [9.17, 15) is 14.4 Å². The zero-order valence-corrected chi connectivity index (χ0v) is 12.6. The van der Waals surface area contributed by atoms with E-state index in [1.165, 1.54) is 6.92 Å². The zero-order chi connectivity index (χ0) is 15.1. The van der Waals surface area contributed by atoms with Gasteiger partial charge in [0.25, 0.3) is 0 Å². The lowest BCUT2D eigenvalue weighted by Crippen LogP contribution is -2.55. The topological polar surface area (TPSA) is 87.7 Å². The van der Waals surface area contributed by atoms with E-state index in [-0.39, 0.29) is 17.6 Å². The summed E-state index contributed by atoms with van der Waals surface area (Å²) in [5, 5.41) is 5.08. The molecular formula is C12H21N3O4S. The van der Waals surface area contributed by atoms with Gasteiger partial charge in [-0.1, -0.05) is 0 Å². The quantitative estimate of drug-likeness (QED) is 0.556. The van der Waals surface area contributed by atoms with Crippen molar-refractivity contribution in [1.82, 2.24) is 15.5 Å². The molecule has 114 valence electrons. The lowest BCUT2D eigenvalue weighted by molar-refractivity contribution is -0.139. The van der Waals surface area contributed by atoms with Gasteiger partial charge < -0.3 is 20.3 Å². The molecule has 0 aromatic heterocycles. The molecule has 1 saturated heterocycles. The van der Waals surface area contributed by atoms with E-state index in [1.54, 1.807) is 11.8 Å². The third-order valence-corrected chi connectivity index (χ3v) is 3.29. The Bertz CT molecular complexity index is 372. The van der Waals surface area contributed by atoms with Gasteiger partial charge in [0.05, 0.1) is 13.2 Å². The molecule has 2 unspecified atom stereocenters. The fourth-order valence-electron chi connectivity index (χ4n) is 1.87. The number of nitrogens with one attached hydrogen (secondary N) is 2. The molecule has 0 spiro atoms. The van der Waals surface area contributed by atoms with Crippen LogP contribution in [0.4, 0.5) is 0 Å². The summed E-state index contributed by atoms with van der Waals surface area (Å²) in [4.78, 5) is 36.7. The van der Waals surface area contributed by atoms with Crippen LogP contribution in [0.2, 0.25) is 0 Å². The molecular weight excluding hydrogens is 282 g/mol. The molecule has 1 rings (SSSR count). The number of rotatable bonds is 5. The van der Waals surface area contributed by atoms with E-state index in [4.69, 9.17) is 4.74 Å². The third-order valence-electron chi connectivity index (χ3n) is 2.93. The lowest BCUT2D eigenvalue weighted by atomic mass is 10.2. The van der Waals surface area contributed by atoms with Gasteiger partial charge in [-0.05, 0) is 6.92 Å². The van der Waals surface area contributed by atoms with Crippen LogP contribution in [-0.4, -0.2) is 66.8 Å². The summed E-state index contributed by atoms with van der Waals surface area (Å²) in [6.45, 7) is 5.03. The van der Waals surface area contributed by atoms with Crippen molar-refractivity contribution in [3.05, 3.63) is 0 Å². The smallest absolute Gasteiger partial charge is 0.245 e. The molecule has 3 amide bonds. The molecule has 1 fully saturated rings. The van der Waals surface area contributed by atoms with Crippen molar-refractivity contribution >= 4 is 30.4 Å². The fraction of sp³-hybridized carbons (Fsp3) is 0.750. The highest BCUT2D eigenvalue weighted by atomic mass is 32.1. The van der Waals surface area contributed by atoms with Crippen molar-refractivity contribution < 1.29 is 19.1 Å². The molecule has 2 atom stereocenters. The predicted octanol–water partition coefficient (Wildman–Crippen LogP) is -1.22. The normalized spacial score (nSPS) is 18.1. The van der Waals surface area contributed by atoms with Crippen LogP contribution in [0.3, 0.4) is 0 Å². The Morgan fingerprint density at radius 3 is 2.35 bits per heavy atom. The molecule has 0 aromatic rings. The monoisotopic (exact) mass is 303 g/mol. The van der Waals surface area contributed by atoms with Gasteiger partial charge in [-0.2, -0.15) is 12.6 Å². The SMILES string of the molecule is CC(=O)NC(CS)C(=O)NC(C)C(=O)N1CCOCC1. The van der Waals surface area contributed by atoms with Crippen molar-refractivity contribution in [2.75, 3.05) is 32.1 Å². The fourth-order valence-corrected chi connectivity index (χ4v) is 2.13. The molecule has 8 heteroatoms. The number of ether oxygens (including phenoxy) is 1. The number of hydrogen-bond donors (Lipinski definition) is 3. The van der Waals surface area contributed by atoms with E-state index >= 15 is 0 Å². The van der Waals surface area contributed by atoms with Crippen LogP contribution in [0.1, 0.15) is 13.8 Å². The van der Waals surface area contributed by atoms with Gasteiger partial charge in [0.1, 0.15) is 12.1 Å². The van der Waals surface area contributed by atoms with Gasteiger partial charge in [-0.25, -0.2) is 0 Å².